The molecule has 0 saturated carbocycles. The highest BCUT2D eigenvalue weighted by molar-refractivity contribution is 5.72. The monoisotopic (exact) mass is 204 g/mol. The number of carboxylic acid groups (broad SMARTS) is 1. The molecule has 0 aliphatic carbocycles. The Morgan fingerprint density at radius 3 is 2.64 bits per heavy atom. The summed E-state index contributed by atoms with van der Waals surface area (Å²) in [6.45, 7) is 0. The second kappa shape index (κ2) is 4.13. The molecule has 0 fully saturated rings. The Morgan fingerprint density at radius 2 is 2.07 bits per heavy atom. The van der Waals surface area contributed by atoms with Crippen LogP contribution in [0.15, 0.2) is 18.2 Å². The van der Waals surface area contributed by atoms with Crippen LogP contribution < -0.4 is 0 Å². The predicted molar refractivity (Wildman–Crippen MR) is 42.6 cm³/mol. The Kier molecular flexibility index (Phi) is 3.11. The van der Waals surface area contributed by atoms with Gasteiger partial charge in [-0.05, 0) is 11.6 Å². The number of carboxylic acids is 1. The first kappa shape index (κ1) is 10.6. The molecule has 1 N–H and O–H groups in total. The molecule has 0 radical (unpaired) electrons. The van der Waals surface area contributed by atoms with E-state index >= 15 is 0 Å². The van der Waals surface area contributed by atoms with E-state index in [1.165, 1.54) is 6.07 Å². The number of halogens is 3. The van der Waals surface area contributed by atoms with Crippen molar-refractivity contribution in [1.29, 1.82) is 0 Å². The van der Waals surface area contributed by atoms with Crippen molar-refractivity contribution >= 4 is 5.97 Å². The van der Waals surface area contributed by atoms with E-state index in [1.807, 2.05) is 0 Å². The molecule has 1 aromatic rings. The van der Waals surface area contributed by atoms with E-state index in [0.29, 0.717) is 0 Å². The Labute approximate surface area is 78.0 Å². The van der Waals surface area contributed by atoms with Crippen LogP contribution in [0.2, 0.25) is 0 Å². The topological polar surface area (TPSA) is 37.3 Å². The first-order valence-corrected chi connectivity index (χ1v) is 3.82. The standard InChI is InChI=1S/C9H7F3O2/c10-6-3-1-2-5(8(6)12)4-7(11)9(13)14/h1-3,7H,4H2,(H,13,14)/t7-/m0/s1. The molecule has 0 saturated heterocycles. The van der Waals surface area contributed by atoms with Gasteiger partial charge in [0.25, 0.3) is 0 Å². The Morgan fingerprint density at radius 1 is 1.43 bits per heavy atom. The lowest BCUT2D eigenvalue weighted by Gasteiger charge is -2.04. The summed E-state index contributed by atoms with van der Waals surface area (Å²) >= 11 is 0. The molecule has 0 aliphatic heterocycles. The van der Waals surface area contributed by atoms with Crippen LogP contribution in [0.1, 0.15) is 5.56 Å². The number of aliphatic carboxylic acids is 1. The van der Waals surface area contributed by atoms with Gasteiger partial charge >= 0.3 is 5.97 Å². The molecule has 1 atom stereocenters. The van der Waals surface area contributed by atoms with E-state index in [4.69, 9.17) is 5.11 Å². The van der Waals surface area contributed by atoms with E-state index in [1.54, 1.807) is 0 Å². The summed E-state index contributed by atoms with van der Waals surface area (Å²) in [7, 11) is 0. The van der Waals surface area contributed by atoms with Gasteiger partial charge in [-0.3, -0.25) is 0 Å². The molecule has 0 amide bonds. The maximum Gasteiger partial charge on any atom is 0.338 e. The molecule has 1 aromatic carbocycles. The fourth-order valence-corrected chi connectivity index (χ4v) is 0.986. The number of benzene rings is 1. The first-order chi connectivity index (χ1) is 6.52. The van der Waals surface area contributed by atoms with Crippen LogP contribution in [-0.2, 0) is 11.2 Å². The third kappa shape index (κ3) is 2.25. The summed E-state index contributed by atoms with van der Waals surface area (Å²) in [6, 6.07) is 3.23. The molecular weight excluding hydrogens is 197 g/mol. The summed E-state index contributed by atoms with van der Waals surface area (Å²) < 4.78 is 38.1. The molecule has 1 rings (SSSR count). The second-order valence-electron chi connectivity index (χ2n) is 2.72. The normalized spacial score (nSPS) is 12.5. The van der Waals surface area contributed by atoms with E-state index in [9.17, 15) is 18.0 Å². The van der Waals surface area contributed by atoms with Crippen molar-refractivity contribution in [2.75, 3.05) is 0 Å². The predicted octanol–water partition coefficient (Wildman–Crippen LogP) is 1.93. The minimum absolute atomic E-state index is 0.278. The summed E-state index contributed by atoms with van der Waals surface area (Å²) in [4.78, 5) is 10.1. The summed E-state index contributed by atoms with van der Waals surface area (Å²) in [5.41, 5.74) is -0.278. The van der Waals surface area contributed by atoms with Crippen molar-refractivity contribution in [1.82, 2.24) is 0 Å². The van der Waals surface area contributed by atoms with Crippen molar-refractivity contribution in [3.05, 3.63) is 35.4 Å². The molecule has 0 spiro atoms. The molecule has 14 heavy (non-hydrogen) atoms. The van der Waals surface area contributed by atoms with Crippen LogP contribution in [0.5, 0.6) is 0 Å². The van der Waals surface area contributed by atoms with Gasteiger partial charge in [0.2, 0.25) is 6.17 Å². The zero-order valence-corrected chi connectivity index (χ0v) is 7.01. The third-order valence-corrected chi connectivity index (χ3v) is 1.70. The van der Waals surface area contributed by atoms with E-state index < -0.39 is 30.2 Å². The van der Waals surface area contributed by atoms with Crippen molar-refractivity contribution in [2.24, 2.45) is 0 Å². The summed E-state index contributed by atoms with van der Waals surface area (Å²) in [6.07, 6.45) is -2.88. The van der Waals surface area contributed by atoms with Crippen LogP contribution in [0.4, 0.5) is 13.2 Å². The average molecular weight is 204 g/mol. The molecular formula is C9H7F3O2. The van der Waals surface area contributed by atoms with E-state index in [0.717, 1.165) is 12.1 Å². The summed E-state index contributed by atoms with van der Waals surface area (Å²) in [5, 5.41) is 8.21. The van der Waals surface area contributed by atoms with Gasteiger partial charge in [-0.25, -0.2) is 18.0 Å². The highest BCUT2D eigenvalue weighted by Crippen LogP contribution is 2.14. The fraction of sp³-hybridized carbons (Fsp3) is 0.222. The second-order valence-corrected chi connectivity index (χ2v) is 2.72. The Hall–Kier alpha value is -1.52. The molecule has 0 aromatic heterocycles. The van der Waals surface area contributed by atoms with Gasteiger partial charge in [-0.1, -0.05) is 12.1 Å². The molecule has 76 valence electrons. The van der Waals surface area contributed by atoms with Crippen LogP contribution >= 0.6 is 0 Å². The Balaban J connectivity index is 2.87. The minimum atomic E-state index is -2.22. The van der Waals surface area contributed by atoms with Crippen LogP contribution in [-0.4, -0.2) is 17.2 Å². The van der Waals surface area contributed by atoms with Crippen molar-refractivity contribution in [3.8, 4) is 0 Å². The van der Waals surface area contributed by atoms with Gasteiger partial charge in [-0.15, -0.1) is 0 Å². The lowest BCUT2D eigenvalue weighted by molar-refractivity contribution is -0.142. The molecule has 0 bridgehead atoms. The zero-order valence-electron chi connectivity index (χ0n) is 7.01. The molecule has 2 nitrogen and oxygen atoms in total. The largest absolute Gasteiger partial charge is 0.479 e. The van der Waals surface area contributed by atoms with E-state index in [2.05, 4.69) is 0 Å². The van der Waals surface area contributed by atoms with Crippen LogP contribution in [0, 0.1) is 11.6 Å². The number of hydrogen-bond donors (Lipinski definition) is 1. The number of rotatable bonds is 3. The lowest BCUT2D eigenvalue weighted by atomic mass is 10.1. The average Bonchev–Trinajstić information content (AvgIpc) is 2.12. The summed E-state index contributed by atoms with van der Waals surface area (Å²) in [5.74, 6) is -4.00. The van der Waals surface area contributed by atoms with Crippen LogP contribution in [0.3, 0.4) is 0 Å². The molecule has 5 heteroatoms. The van der Waals surface area contributed by atoms with Crippen molar-refractivity contribution in [2.45, 2.75) is 12.6 Å². The molecule has 0 unspecified atom stereocenters. The minimum Gasteiger partial charge on any atom is -0.479 e. The maximum absolute atomic E-state index is 12.9. The van der Waals surface area contributed by atoms with Gasteiger partial charge in [-0.2, -0.15) is 0 Å². The van der Waals surface area contributed by atoms with Gasteiger partial charge in [0.1, 0.15) is 0 Å². The van der Waals surface area contributed by atoms with Gasteiger partial charge in [0.05, 0.1) is 0 Å². The smallest absolute Gasteiger partial charge is 0.338 e. The highest BCUT2D eigenvalue weighted by Gasteiger charge is 2.19. The zero-order chi connectivity index (χ0) is 10.7. The molecule has 0 heterocycles. The third-order valence-electron chi connectivity index (χ3n) is 1.70. The van der Waals surface area contributed by atoms with E-state index in [-0.39, 0.29) is 5.56 Å². The molecule has 0 aliphatic rings. The Bertz CT molecular complexity index is 352. The van der Waals surface area contributed by atoms with Gasteiger partial charge in [0.15, 0.2) is 11.6 Å². The van der Waals surface area contributed by atoms with Crippen molar-refractivity contribution in [3.63, 3.8) is 0 Å². The highest BCUT2D eigenvalue weighted by atomic mass is 19.2. The first-order valence-electron chi connectivity index (χ1n) is 3.82. The number of alkyl halides is 1. The number of hydrogen-bond acceptors (Lipinski definition) is 1. The van der Waals surface area contributed by atoms with Gasteiger partial charge < -0.3 is 5.11 Å². The van der Waals surface area contributed by atoms with Crippen LogP contribution in [0.25, 0.3) is 0 Å². The maximum atomic E-state index is 12.9. The lowest BCUT2D eigenvalue weighted by Crippen LogP contribution is -2.18. The fourth-order valence-electron chi connectivity index (χ4n) is 0.986. The van der Waals surface area contributed by atoms with Crippen molar-refractivity contribution < 1.29 is 23.1 Å². The number of carbonyl (C=O) groups is 1. The SMILES string of the molecule is O=C(O)[C@@H](F)Cc1cccc(F)c1F. The van der Waals surface area contributed by atoms with Gasteiger partial charge in [0, 0.05) is 6.42 Å². The quantitative estimate of drug-likeness (QED) is 0.816.